The van der Waals surface area contributed by atoms with Crippen molar-refractivity contribution >= 4 is 23.2 Å². The van der Waals surface area contributed by atoms with Crippen molar-refractivity contribution in [1.82, 2.24) is 16.0 Å². The number of nitrogens with zero attached hydrogens (tertiary/aromatic N) is 1. The van der Waals surface area contributed by atoms with Crippen molar-refractivity contribution in [1.29, 1.82) is 0 Å². The molecule has 0 aliphatic rings. The third-order valence-corrected chi connectivity index (χ3v) is 3.20. The summed E-state index contributed by atoms with van der Waals surface area (Å²) in [6.45, 7) is 5.22. The number of amides is 1. The van der Waals surface area contributed by atoms with Crippen LogP contribution in [0, 0.1) is 0 Å². The molecule has 1 rings (SSSR count). The van der Waals surface area contributed by atoms with Gasteiger partial charge in [0.2, 0.25) is 5.91 Å². The van der Waals surface area contributed by atoms with Gasteiger partial charge >= 0.3 is 0 Å². The summed E-state index contributed by atoms with van der Waals surface area (Å²) in [6, 6.07) is 4.28. The minimum absolute atomic E-state index is 0.0520. The Kier molecular flexibility index (Phi) is 6.95. The van der Waals surface area contributed by atoms with Gasteiger partial charge in [-0.15, -0.1) is 11.3 Å². The van der Waals surface area contributed by atoms with E-state index >= 15 is 0 Å². The van der Waals surface area contributed by atoms with Crippen LogP contribution < -0.4 is 16.0 Å². The van der Waals surface area contributed by atoms with Crippen molar-refractivity contribution in [2.75, 3.05) is 13.6 Å². The first-order chi connectivity index (χ1) is 9.11. The van der Waals surface area contributed by atoms with Crippen LogP contribution in [0.3, 0.4) is 0 Å². The Morgan fingerprint density at radius 3 is 2.79 bits per heavy atom. The van der Waals surface area contributed by atoms with Gasteiger partial charge in [0.05, 0.1) is 6.54 Å². The largest absolute Gasteiger partial charge is 0.356 e. The molecule has 3 N–H and O–H groups in total. The molecule has 0 atom stereocenters. The molecule has 1 aromatic heterocycles. The fraction of sp³-hybridized carbons (Fsp3) is 0.538. The van der Waals surface area contributed by atoms with E-state index in [0.29, 0.717) is 18.9 Å². The Morgan fingerprint density at radius 1 is 1.42 bits per heavy atom. The monoisotopic (exact) mass is 282 g/mol. The number of nitrogens with one attached hydrogen (secondary N) is 3. The second-order valence-corrected chi connectivity index (χ2v) is 5.44. The summed E-state index contributed by atoms with van der Waals surface area (Å²) in [5.41, 5.74) is 0. The first kappa shape index (κ1) is 15.5. The number of carbonyl (C=O) groups excluding carboxylic acids is 1. The molecule has 0 radical (unpaired) electrons. The molecule has 5 nitrogen and oxygen atoms in total. The summed E-state index contributed by atoms with van der Waals surface area (Å²) < 4.78 is 0. The van der Waals surface area contributed by atoms with E-state index in [-0.39, 0.29) is 11.9 Å². The van der Waals surface area contributed by atoms with Gasteiger partial charge in [-0.05, 0) is 25.3 Å². The molecule has 0 aliphatic carbocycles. The molecule has 1 amide bonds. The maximum absolute atomic E-state index is 11.5. The van der Waals surface area contributed by atoms with Gasteiger partial charge in [-0.25, -0.2) is 0 Å². The number of rotatable bonds is 6. The molecule has 0 saturated heterocycles. The maximum atomic E-state index is 11.5. The van der Waals surface area contributed by atoms with Crippen LogP contribution in [-0.2, 0) is 11.3 Å². The first-order valence-corrected chi connectivity index (χ1v) is 7.26. The quantitative estimate of drug-likeness (QED) is 0.545. The van der Waals surface area contributed by atoms with E-state index in [1.165, 1.54) is 4.88 Å². The molecule has 1 aromatic rings. The average Bonchev–Trinajstić information content (AvgIpc) is 2.85. The van der Waals surface area contributed by atoms with Crippen LogP contribution in [0.1, 0.15) is 25.1 Å². The molecule has 0 aliphatic heterocycles. The van der Waals surface area contributed by atoms with Gasteiger partial charge in [0.25, 0.3) is 0 Å². The number of carbonyl (C=O) groups is 1. The standard InChI is InChI=1S/C13H22N4OS/c1-10(2)17-12(18)6-7-15-13(14-3)16-9-11-5-4-8-19-11/h4-5,8,10H,6-7,9H2,1-3H3,(H,17,18)(H2,14,15,16). The zero-order chi connectivity index (χ0) is 14.1. The normalized spacial score (nSPS) is 11.5. The van der Waals surface area contributed by atoms with Gasteiger partial charge in [-0.1, -0.05) is 6.07 Å². The lowest BCUT2D eigenvalue weighted by molar-refractivity contribution is -0.121. The third-order valence-electron chi connectivity index (χ3n) is 2.33. The zero-order valence-electron chi connectivity index (χ0n) is 11.7. The Balaban J connectivity index is 2.20. The highest BCUT2D eigenvalue weighted by atomic mass is 32.1. The van der Waals surface area contributed by atoms with Crippen molar-refractivity contribution < 1.29 is 4.79 Å². The predicted molar refractivity (Wildman–Crippen MR) is 80.4 cm³/mol. The lowest BCUT2D eigenvalue weighted by Crippen LogP contribution is -2.39. The SMILES string of the molecule is CN=C(NCCC(=O)NC(C)C)NCc1cccs1. The highest BCUT2D eigenvalue weighted by Crippen LogP contribution is 2.06. The van der Waals surface area contributed by atoms with Gasteiger partial charge in [-0.2, -0.15) is 0 Å². The van der Waals surface area contributed by atoms with Crippen molar-refractivity contribution in [2.45, 2.75) is 32.9 Å². The van der Waals surface area contributed by atoms with Gasteiger partial charge in [0.1, 0.15) is 0 Å². The van der Waals surface area contributed by atoms with E-state index in [1.807, 2.05) is 25.3 Å². The molecule has 106 valence electrons. The summed E-state index contributed by atoms with van der Waals surface area (Å²) >= 11 is 1.70. The topological polar surface area (TPSA) is 65.5 Å². The van der Waals surface area contributed by atoms with E-state index in [0.717, 1.165) is 6.54 Å². The van der Waals surface area contributed by atoms with Crippen LogP contribution in [0.2, 0.25) is 0 Å². The Hall–Kier alpha value is -1.56. The molecule has 19 heavy (non-hydrogen) atoms. The van der Waals surface area contributed by atoms with E-state index in [4.69, 9.17) is 0 Å². The van der Waals surface area contributed by atoms with Crippen molar-refractivity contribution in [3.63, 3.8) is 0 Å². The Bertz CT molecular complexity index is 401. The number of thiophene rings is 1. The second kappa shape index (κ2) is 8.53. The number of guanidine groups is 1. The third kappa shape index (κ3) is 6.81. The van der Waals surface area contributed by atoms with Crippen LogP contribution in [0.25, 0.3) is 0 Å². The lowest BCUT2D eigenvalue weighted by Gasteiger charge is -2.12. The van der Waals surface area contributed by atoms with Gasteiger partial charge in [-0.3, -0.25) is 9.79 Å². The highest BCUT2D eigenvalue weighted by molar-refractivity contribution is 7.09. The second-order valence-electron chi connectivity index (χ2n) is 4.40. The lowest BCUT2D eigenvalue weighted by atomic mass is 10.3. The van der Waals surface area contributed by atoms with Crippen LogP contribution in [0.15, 0.2) is 22.5 Å². The van der Waals surface area contributed by atoms with Crippen molar-refractivity contribution in [3.05, 3.63) is 22.4 Å². The minimum atomic E-state index is 0.0520. The zero-order valence-corrected chi connectivity index (χ0v) is 12.5. The summed E-state index contributed by atoms with van der Waals surface area (Å²) in [7, 11) is 1.72. The average molecular weight is 282 g/mol. The van der Waals surface area contributed by atoms with Gasteiger partial charge in [0.15, 0.2) is 5.96 Å². The smallest absolute Gasteiger partial charge is 0.221 e. The molecule has 6 heteroatoms. The first-order valence-electron chi connectivity index (χ1n) is 6.38. The molecule has 0 spiro atoms. The van der Waals surface area contributed by atoms with Crippen LogP contribution in [0.5, 0.6) is 0 Å². The van der Waals surface area contributed by atoms with Crippen molar-refractivity contribution in [2.24, 2.45) is 4.99 Å². The fourth-order valence-corrected chi connectivity index (χ4v) is 2.14. The van der Waals surface area contributed by atoms with Crippen LogP contribution in [0.4, 0.5) is 0 Å². The number of hydrogen-bond donors (Lipinski definition) is 3. The number of aliphatic imine (C=N–C) groups is 1. The van der Waals surface area contributed by atoms with E-state index < -0.39 is 0 Å². The number of hydrogen-bond acceptors (Lipinski definition) is 3. The molecule has 1 heterocycles. The molecular weight excluding hydrogens is 260 g/mol. The minimum Gasteiger partial charge on any atom is -0.356 e. The summed E-state index contributed by atoms with van der Waals surface area (Å²) in [5, 5.41) is 11.2. The van der Waals surface area contributed by atoms with E-state index in [2.05, 4.69) is 27.0 Å². The molecule has 0 bridgehead atoms. The maximum Gasteiger partial charge on any atom is 0.221 e. The fourth-order valence-electron chi connectivity index (χ4n) is 1.49. The highest BCUT2D eigenvalue weighted by Gasteiger charge is 2.04. The molecular formula is C13H22N4OS. The predicted octanol–water partition coefficient (Wildman–Crippen LogP) is 1.33. The molecule has 0 aromatic carbocycles. The Labute approximate surface area is 118 Å². The van der Waals surface area contributed by atoms with E-state index in [1.54, 1.807) is 18.4 Å². The molecule has 0 saturated carbocycles. The Morgan fingerprint density at radius 2 is 2.21 bits per heavy atom. The van der Waals surface area contributed by atoms with Gasteiger partial charge < -0.3 is 16.0 Å². The van der Waals surface area contributed by atoms with Crippen molar-refractivity contribution in [3.8, 4) is 0 Å². The summed E-state index contributed by atoms with van der Waals surface area (Å²) in [4.78, 5) is 16.8. The van der Waals surface area contributed by atoms with Crippen LogP contribution in [-0.4, -0.2) is 31.5 Å². The summed E-state index contributed by atoms with van der Waals surface area (Å²) in [6.07, 6.45) is 0.442. The molecule has 0 unspecified atom stereocenters. The summed E-state index contributed by atoms with van der Waals surface area (Å²) in [5.74, 6) is 0.766. The van der Waals surface area contributed by atoms with E-state index in [9.17, 15) is 4.79 Å². The van der Waals surface area contributed by atoms with Gasteiger partial charge in [0, 0.05) is 30.9 Å². The molecule has 0 fully saturated rings. The van der Waals surface area contributed by atoms with Crippen LogP contribution >= 0.6 is 11.3 Å².